The Morgan fingerprint density at radius 1 is 1.21 bits per heavy atom. The summed E-state index contributed by atoms with van der Waals surface area (Å²) in [5, 5.41) is 14.8. The van der Waals surface area contributed by atoms with E-state index in [2.05, 4.69) is 10.6 Å². The van der Waals surface area contributed by atoms with Gasteiger partial charge in [0.05, 0.1) is 13.0 Å². The van der Waals surface area contributed by atoms with Crippen LogP contribution < -0.4 is 10.6 Å². The number of hydrogen-bond donors (Lipinski definition) is 3. The van der Waals surface area contributed by atoms with Crippen molar-refractivity contribution in [2.24, 2.45) is 0 Å². The van der Waals surface area contributed by atoms with E-state index in [9.17, 15) is 9.59 Å². The third-order valence-electron chi connectivity index (χ3n) is 3.06. The number of amides is 1. The summed E-state index contributed by atoms with van der Waals surface area (Å²) in [6.07, 6.45) is 2.27. The van der Waals surface area contributed by atoms with Crippen molar-refractivity contribution < 1.29 is 14.7 Å². The topological polar surface area (TPSA) is 78.4 Å². The first kappa shape index (κ1) is 13.5. The van der Waals surface area contributed by atoms with Crippen molar-refractivity contribution in [2.75, 3.05) is 6.54 Å². The SMILES string of the molecule is O=C(O)Cc1ccccc1CNC(=O)CNC1CC1. The molecule has 1 saturated carbocycles. The van der Waals surface area contributed by atoms with E-state index in [1.807, 2.05) is 12.1 Å². The van der Waals surface area contributed by atoms with Gasteiger partial charge in [-0.25, -0.2) is 0 Å². The van der Waals surface area contributed by atoms with Crippen molar-refractivity contribution in [1.82, 2.24) is 10.6 Å². The molecule has 0 bridgehead atoms. The summed E-state index contributed by atoms with van der Waals surface area (Å²) in [5.74, 6) is -0.925. The zero-order chi connectivity index (χ0) is 13.7. The van der Waals surface area contributed by atoms with E-state index in [1.165, 1.54) is 0 Å². The fourth-order valence-corrected chi connectivity index (χ4v) is 1.85. The fraction of sp³-hybridized carbons (Fsp3) is 0.429. The lowest BCUT2D eigenvalue weighted by Crippen LogP contribution is -2.34. The first-order chi connectivity index (χ1) is 9.15. The predicted octanol–water partition coefficient (Wildman–Crippen LogP) is 0.682. The smallest absolute Gasteiger partial charge is 0.307 e. The van der Waals surface area contributed by atoms with Gasteiger partial charge in [-0.3, -0.25) is 9.59 Å². The largest absolute Gasteiger partial charge is 0.481 e. The molecule has 0 spiro atoms. The lowest BCUT2D eigenvalue weighted by Gasteiger charge is -2.09. The third kappa shape index (κ3) is 4.71. The number of rotatable bonds is 7. The number of carboxylic acids is 1. The molecule has 1 amide bonds. The van der Waals surface area contributed by atoms with Gasteiger partial charge in [-0.05, 0) is 24.0 Å². The summed E-state index contributed by atoms with van der Waals surface area (Å²) in [7, 11) is 0. The maximum absolute atomic E-state index is 11.6. The van der Waals surface area contributed by atoms with Crippen LogP contribution in [0.1, 0.15) is 24.0 Å². The van der Waals surface area contributed by atoms with E-state index in [1.54, 1.807) is 12.1 Å². The molecule has 0 aliphatic heterocycles. The monoisotopic (exact) mass is 262 g/mol. The quantitative estimate of drug-likeness (QED) is 0.675. The summed E-state index contributed by atoms with van der Waals surface area (Å²) >= 11 is 0. The molecule has 0 heterocycles. The van der Waals surface area contributed by atoms with Crippen molar-refractivity contribution in [2.45, 2.75) is 31.8 Å². The molecule has 1 aliphatic carbocycles. The minimum Gasteiger partial charge on any atom is -0.481 e. The van der Waals surface area contributed by atoms with Crippen LogP contribution in [0.3, 0.4) is 0 Å². The second-order valence-corrected chi connectivity index (χ2v) is 4.77. The molecule has 0 aromatic heterocycles. The van der Waals surface area contributed by atoms with Gasteiger partial charge in [0.2, 0.25) is 5.91 Å². The maximum Gasteiger partial charge on any atom is 0.307 e. The van der Waals surface area contributed by atoms with Crippen LogP contribution in [0.5, 0.6) is 0 Å². The van der Waals surface area contributed by atoms with Crippen molar-refractivity contribution in [1.29, 1.82) is 0 Å². The van der Waals surface area contributed by atoms with Crippen LogP contribution in [-0.2, 0) is 22.6 Å². The Balaban J connectivity index is 1.83. The Morgan fingerprint density at radius 3 is 2.53 bits per heavy atom. The van der Waals surface area contributed by atoms with E-state index in [0.29, 0.717) is 19.1 Å². The van der Waals surface area contributed by atoms with Crippen LogP contribution in [0.4, 0.5) is 0 Å². The predicted molar refractivity (Wildman–Crippen MR) is 70.7 cm³/mol. The van der Waals surface area contributed by atoms with Gasteiger partial charge in [-0.15, -0.1) is 0 Å². The van der Waals surface area contributed by atoms with Crippen molar-refractivity contribution >= 4 is 11.9 Å². The summed E-state index contributed by atoms with van der Waals surface area (Å²) in [6.45, 7) is 0.695. The van der Waals surface area contributed by atoms with Crippen LogP contribution in [0.25, 0.3) is 0 Å². The molecule has 102 valence electrons. The molecule has 5 heteroatoms. The number of hydrogen-bond acceptors (Lipinski definition) is 3. The molecule has 2 rings (SSSR count). The van der Waals surface area contributed by atoms with Gasteiger partial charge in [0.1, 0.15) is 0 Å². The van der Waals surface area contributed by atoms with E-state index in [0.717, 1.165) is 24.0 Å². The Morgan fingerprint density at radius 2 is 1.89 bits per heavy atom. The Kier molecular flexibility index (Phi) is 4.52. The van der Waals surface area contributed by atoms with Gasteiger partial charge in [-0.1, -0.05) is 24.3 Å². The zero-order valence-electron chi connectivity index (χ0n) is 10.7. The molecule has 1 fully saturated rings. The zero-order valence-corrected chi connectivity index (χ0v) is 10.7. The number of nitrogens with one attached hydrogen (secondary N) is 2. The molecular formula is C14H18N2O3. The van der Waals surface area contributed by atoms with Crippen LogP contribution in [-0.4, -0.2) is 29.6 Å². The summed E-state index contributed by atoms with van der Waals surface area (Å²) in [4.78, 5) is 22.3. The third-order valence-corrected chi connectivity index (χ3v) is 3.06. The molecule has 1 aromatic rings. The van der Waals surface area contributed by atoms with E-state index >= 15 is 0 Å². The molecule has 5 nitrogen and oxygen atoms in total. The summed E-state index contributed by atoms with van der Waals surface area (Å²) in [6, 6.07) is 7.77. The van der Waals surface area contributed by atoms with Crippen LogP contribution in [0, 0.1) is 0 Å². The molecular weight excluding hydrogens is 244 g/mol. The molecule has 3 N–H and O–H groups in total. The lowest BCUT2D eigenvalue weighted by atomic mass is 10.0. The molecule has 0 atom stereocenters. The van der Waals surface area contributed by atoms with Gasteiger partial charge in [0, 0.05) is 12.6 Å². The first-order valence-corrected chi connectivity index (χ1v) is 6.44. The Bertz CT molecular complexity index is 470. The molecule has 0 saturated heterocycles. The van der Waals surface area contributed by atoms with Gasteiger partial charge in [-0.2, -0.15) is 0 Å². The number of carbonyl (C=O) groups is 2. The van der Waals surface area contributed by atoms with Crippen LogP contribution in [0.2, 0.25) is 0 Å². The first-order valence-electron chi connectivity index (χ1n) is 6.44. The van der Waals surface area contributed by atoms with Gasteiger partial charge >= 0.3 is 5.97 Å². The highest BCUT2D eigenvalue weighted by Crippen LogP contribution is 2.17. The minimum absolute atomic E-state index is 0.0215. The van der Waals surface area contributed by atoms with Gasteiger partial charge in [0.25, 0.3) is 0 Å². The fourth-order valence-electron chi connectivity index (χ4n) is 1.85. The highest BCUT2D eigenvalue weighted by Gasteiger charge is 2.21. The number of aliphatic carboxylic acids is 1. The molecule has 0 unspecified atom stereocenters. The maximum atomic E-state index is 11.6. The van der Waals surface area contributed by atoms with Crippen LogP contribution >= 0.6 is 0 Å². The number of carbonyl (C=O) groups excluding carboxylic acids is 1. The van der Waals surface area contributed by atoms with Gasteiger partial charge < -0.3 is 15.7 Å². The average molecular weight is 262 g/mol. The molecule has 1 aliphatic rings. The van der Waals surface area contributed by atoms with E-state index in [4.69, 9.17) is 5.11 Å². The lowest BCUT2D eigenvalue weighted by molar-refractivity contribution is -0.136. The normalized spacial score (nSPS) is 14.1. The van der Waals surface area contributed by atoms with Crippen molar-refractivity contribution in [3.8, 4) is 0 Å². The van der Waals surface area contributed by atoms with Crippen molar-refractivity contribution in [3.05, 3.63) is 35.4 Å². The Labute approximate surface area is 112 Å². The van der Waals surface area contributed by atoms with E-state index in [-0.39, 0.29) is 12.3 Å². The number of benzene rings is 1. The highest BCUT2D eigenvalue weighted by atomic mass is 16.4. The molecule has 0 radical (unpaired) electrons. The average Bonchev–Trinajstić information content (AvgIpc) is 3.18. The second-order valence-electron chi connectivity index (χ2n) is 4.77. The highest BCUT2D eigenvalue weighted by molar-refractivity contribution is 5.78. The summed E-state index contributed by atoms with van der Waals surface area (Å²) in [5.41, 5.74) is 1.59. The minimum atomic E-state index is -0.867. The second kappa shape index (κ2) is 6.33. The molecule has 19 heavy (non-hydrogen) atoms. The van der Waals surface area contributed by atoms with E-state index < -0.39 is 5.97 Å². The number of carboxylic acid groups (broad SMARTS) is 1. The standard InChI is InChI=1S/C14H18N2O3/c17-13(9-15-12-5-6-12)16-8-11-4-2-1-3-10(11)7-14(18)19/h1-4,12,15H,5-9H2,(H,16,17)(H,18,19). The van der Waals surface area contributed by atoms with Crippen molar-refractivity contribution in [3.63, 3.8) is 0 Å². The Hall–Kier alpha value is -1.88. The van der Waals surface area contributed by atoms with Gasteiger partial charge in [0.15, 0.2) is 0 Å². The molecule has 1 aromatic carbocycles. The van der Waals surface area contributed by atoms with Crippen LogP contribution in [0.15, 0.2) is 24.3 Å². The summed E-state index contributed by atoms with van der Waals surface area (Å²) < 4.78 is 0.